The van der Waals surface area contributed by atoms with Gasteiger partial charge in [-0.15, -0.1) is 0 Å². The molecule has 230 valence electrons. The molecule has 0 saturated carbocycles. The molecule has 0 aliphatic carbocycles. The number of carbonyl (C=O) groups excluding carboxylic acids is 2. The van der Waals surface area contributed by atoms with Gasteiger partial charge >= 0.3 is 0 Å². The second-order valence-electron chi connectivity index (χ2n) is 10.7. The number of amides is 2. The molecule has 44 heavy (non-hydrogen) atoms. The number of benzene rings is 4. The van der Waals surface area contributed by atoms with Crippen molar-refractivity contribution in [2.24, 2.45) is 0 Å². The van der Waals surface area contributed by atoms with Crippen LogP contribution in [0, 0.1) is 6.92 Å². The molecule has 0 saturated heterocycles. The summed E-state index contributed by atoms with van der Waals surface area (Å²) < 4.78 is 29.1. The second kappa shape index (κ2) is 14.8. The highest BCUT2D eigenvalue weighted by atomic mass is 35.5. The normalized spacial score (nSPS) is 12.0. The molecule has 1 atom stereocenters. The zero-order valence-corrected chi connectivity index (χ0v) is 27.1. The Bertz CT molecular complexity index is 1700. The number of carbonyl (C=O) groups is 2. The van der Waals surface area contributed by atoms with Gasteiger partial charge in [0.2, 0.25) is 11.8 Å². The Morgan fingerprint density at radius 2 is 1.43 bits per heavy atom. The Balaban J connectivity index is 1.82. The third-order valence-corrected chi connectivity index (χ3v) is 9.63. The van der Waals surface area contributed by atoms with E-state index < -0.39 is 28.5 Å². The van der Waals surface area contributed by atoms with E-state index in [4.69, 9.17) is 23.2 Å². The van der Waals surface area contributed by atoms with Crippen molar-refractivity contribution in [3.8, 4) is 0 Å². The van der Waals surface area contributed by atoms with E-state index >= 15 is 0 Å². The van der Waals surface area contributed by atoms with E-state index in [0.29, 0.717) is 0 Å². The Labute approximate surface area is 269 Å². The van der Waals surface area contributed by atoms with Gasteiger partial charge in [0.1, 0.15) is 12.6 Å². The summed E-state index contributed by atoms with van der Waals surface area (Å²) in [6, 6.07) is 28.2. The van der Waals surface area contributed by atoms with Crippen LogP contribution in [0.25, 0.3) is 0 Å². The van der Waals surface area contributed by atoms with Crippen LogP contribution in [0.5, 0.6) is 0 Å². The fourth-order valence-electron chi connectivity index (χ4n) is 4.79. The molecule has 4 aromatic carbocycles. The van der Waals surface area contributed by atoms with Crippen molar-refractivity contribution in [2.45, 2.75) is 50.7 Å². The molecule has 4 aromatic rings. The minimum atomic E-state index is -4.23. The molecule has 0 aliphatic rings. The SMILES string of the molecule is Cc1ccccc1CN(C(=O)CN(c1ccc(Cl)c(Cl)c1)S(=O)(=O)c1ccccc1)[C@H](Cc1ccccc1)C(=O)NC(C)C. The van der Waals surface area contributed by atoms with Gasteiger partial charge in [0, 0.05) is 19.0 Å². The molecule has 0 bridgehead atoms. The lowest BCUT2D eigenvalue weighted by Crippen LogP contribution is -2.54. The number of sulfonamides is 1. The first-order valence-corrected chi connectivity index (χ1v) is 16.4. The van der Waals surface area contributed by atoms with Gasteiger partial charge in [-0.2, -0.15) is 0 Å². The zero-order valence-electron chi connectivity index (χ0n) is 24.8. The smallest absolute Gasteiger partial charge is 0.264 e. The van der Waals surface area contributed by atoms with E-state index in [2.05, 4.69) is 5.32 Å². The Morgan fingerprint density at radius 3 is 2.05 bits per heavy atom. The van der Waals surface area contributed by atoms with Crippen molar-refractivity contribution in [3.05, 3.63) is 130 Å². The molecule has 2 amide bonds. The molecule has 10 heteroatoms. The predicted molar refractivity (Wildman–Crippen MR) is 176 cm³/mol. The number of hydrogen-bond donors (Lipinski definition) is 1. The van der Waals surface area contributed by atoms with Crippen molar-refractivity contribution in [1.82, 2.24) is 10.2 Å². The second-order valence-corrected chi connectivity index (χ2v) is 13.4. The van der Waals surface area contributed by atoms with Crippen LogP contribution >= 0.6 is 23.2 Å². The molecular weight excluding hydrogens is 617 g/mol. The van der Waals surface area contributed by atoms with E-state index in [1.54, 1.807) is 18.2 Å². The summed E-state index contributed by atoms with van der Waals surface area (Å²) in [7, 11) is -4.23. The van der Waals surface area contributed by atoms with Gasteiger partial charge in [0.25, 0.3) is 10.0 Å². The topological polar surface area (TPSA) is 86.8 Å². The Morgan fingerprint density at radius 1 is 0.818 bits per heavy atom. The first-order chi connectivity index (χ1) is 21.0. The summed E-state index contributed by atoms with van der Waals surface area (Å²) in [5, 5.41) is 3.34. The molecule has 0 heterocycles. The lowest BCUT2D eigenvalue weighted by molar-refractivity contribution is -0.140. The number of aryl methyl sites for hydroxylation is 1. The molecule has 0 radical (unpaired) electrons. The summed E-state index contributed by atoms with van der Waals surface area (Å²) in [6.45, 7) is 5.14. The molecule has 7 nitrogen and oxygen atoms in total. The molecule has 4 rings (SSSR count). The number of halogens is 2. The van der Waals surface area contributed by atoms with Crippen LogP contribution in [0.15, 0.2) is 108 Å². The minimum absolute atomic E-state index is 0.00251. The maximum atomic E-state index is 14.5. The van der Waals surface area contributed by atoms with Gasteiger partial charge in [-0.1, -0.05) is 96.0 Å². The summed E-state index contributed by atoms with van der Waals surface area (Å²) in [5.41, 5.74) is 2.80. The van der Waals surface area contributed by atoms with Gasteiger partial charge in [-0.25, -0.2) is 8.42 Å². The molecule has 0 fully saturated rings. The molecule has 1 N–H and O–H groups in total. The fraction of sp³-hybridized carbons (Fsp3) is 0.235. The van der Waals surface area contributed by atoms with Gasteiger partial charge in [0.15, 0.2) is 0 Å². The monoisotopic (exact) mass is 651 g/mol. The zero-order chi connectivity index (χ0) is 31.9. The Kier molecular flexibility index (Phi) is 11.1. The predicted octanol–water partition coefficient (Wildman–Crippen LogP) is 6.66. The van der Waals surface area contributed by atoms with Crippen molar-refractivity contribution in [2.75, 3.05) is 10.8 Å². The Hall–Kier alpha value is -3.85. The summed E-state index contributed by atoms with van der Waals surface area (Å²) in [6.07, 6.45) is 0.231. The highest BCUT2D eigenvalue weighted by Crippen LogP contribution is 2.31. The molecular formula is C34H35Cl2N3O4S. The molecule has 0 aliphatic heterocycles. The van der Waals surface area contributed by atoms with Crippen molar-refractivity contribution in [3.63, 3.8) is 0 Å². The maximum absolute atomic E-state index is 14.5. The van der Waals surface area contributed by atoms with Crippen LogP contribution in [-0.2, 0) is 32.6 Å². The highest BCUT2D eigenvalue weighted by molar-refractivity contribution is 7.92. The number of rotatable bonds is 12. The van der Waals surface area contributed by atoms with Crippen LogP contribution in [-0.4, -0.2) is 43.8 Å². The van der Waals surface area contributed by atoms with E-state index in [1.807, 2.05) is 75.4 Å². The van der Waals surface area contributed by atoms with E-state index in [-0.39, 0.29) is 45.5 Å². The average Bonchev–Trinajstić information content (AvgIpc) is 3.00. The largest absolute Gasteiger partial charge is 0.352 e. The third-order valence-electron chi connectivity index (χ3n) is 7.11. The average molecular weight is 653 g/mol. The minimum Gasteiger partial charge on any atom is -0.352 e. The van der Waals surface area contributed by atoms with Crippen LogP contribution < -0.4 is 9.62 Å². The standard InChI is InChI=1S/C34H35Cl2N3O4S/c1-24(2)37-34(41)32(20-26-13-6-4-7-14-26)38(22-27-15-11-10-12-25(27)3)33(40)23-39(28-18-19-30(35)31(36)21-28)44(42,43)29-16-8-5-9-17-29/h4-19,21,24,32H,20,22-23H2,1-3H3,(H,37,41)/t32-/m1/s1. The number of anilines is 1. The van der Waals surface area contributed by atoms with Gasteiger partial charge in [0.05, 0.1) is 20.6 Å². The maximum Gasteiger partial charge on any atom is 0.264 e. The van der Waals surface area contributed by atoms with Crippen molar-refractivity contribution < 1.29 is 18.0 Å². The van der Waals surface area contributed by atoms with Crippen LogP contribution in [0.1, 0.15) is 30.5 Å². The van der Waals surface area contributed by atoms with Crippen molar-refractivity contribution in [1.29, 1.82) is 0 Å². The summed E-state index contributed by atoms with van der Waals surface area (Å²) in [5.74, 6) is -0.892. The number of nitrogens with one attached hydrogen (secondary N) is 1. The molecule has 0 aromatic heterocycles. The molecule has 0 unspecified atom stereocenters. The van der Waals surface area contributed by atoms with E-state index in [9.17, 15) is 18.0 Å². The third kappa shape index (κ3) is 8.20. The molecule has 0 spiro atoms. The van der Waals surface area contributed by atoms with Gasteiger partial charge in [-0.3, -0.25) is 13.9 Å². The first-order valence-electron chi connectivity index (χ1n) is 14.2. The van der Waals surface area contributed by atoms with Crippen LogP contribution in [0.4, 0.5) is 5.69 Å². The quantitative estimate of drug-likeness (QED) is 0.186. The summed E-state index contributed by atoms with van der Waals surface area (Å²) in [4.78, 5) is 29.7. The lowest BCUT2D eigenvalue weighted by Gasteiger charge is -2.34. The lowest BCUT2D eigenvalue weighted by atomic mass is 10.0. The van der Waals surface area contributed by atoms with Crippen molar-refractivity contribution >= 4 is 50.7 Å². The van der Waals surface area contributed by atoms with E-state index in [1.165, 1.54) is 35.2 Å². The van der Waals surface area contributed by atoms with Crippen LogP contribution in [0.3, 0.4) is 0 Å². The fourth-order valence-corrected chi connectivity index (χ4v) is 6.51. The highest BCUT2D eigenvalue weighted by Gasteiger charge is 2.35. The first kappa shape index (κ1) is 33.1. The summed E-state index contributed by atoms with van der Waals surface area (Å²) >= 11 is 12.5. The van der Waals surface area contributed by atoms with Crippen LogP contribution in [0.2, 0.25) is 10.0 Å². The van der Waals surface area contributed by atoms with Gasteiger partial charge in [-0.05, 0) is 67.8 Å². The number of nitrogens with zero attached hydrogens (tertiary/aromatic N) is 2. The number of hydrogen-bond acceptors (Lipinski definition) is 4. The van der Waals surface area contributed by atoms with E-state index in [0.717, 1.165) is 21.0 Å². The van der Waals surface area contributed by atoms with Gasteiger partial charge < -0.3 is 10.2 Å².